The van der Waals surface area contributed by atoms with Crippen molar-refractivity contribution in [1.82, 2.24) is 14.7 Å². The smallest absolute Gasteiger partial charge is 0.247 e. The highest BCUT2D eigenvalue weighted by Crippen LogP contribution is 2.33. The molecule has 5 nitrogen and oxygen atoms in total. The second kappa shape index (κ2) is 8.96. The van der Waals surface area contributed by atoms with Crippen molar-refractivity contribution in [3.8, 4) is 0 Å². The molecule has 166 valence electrons. The molecule has 1 aromatic heterocycles. The number of fused-ring (bicyclic) bond motifs is 2. The zero-order valence-corrected chi connectivity index (χ0v) is 20.5. The van der Waals surface area contributed by atoms with Crippen LogP contribution in [0.2, 0.25) is 0 Å². The van der Waals surface area contributed by atoms with E-state index in [-0.39, 0.29) is 18.4 Å². The summed E-state index contributed by atoms with van der Waals surface area (Å²) in [6, 6.07) is 16.1. The minimum atomic E-state index is -0.393. The number of benzene rings is 2. The summed E-state index contributed by atoms with van der Waals surface area (Å²) in [6.07, 6.45) is 1.01. The molecule has 0 aliphatic carbocycles. The van der Waals surface area contributed by atoms with Gasteiger partial charge in [-0.3, -0.25) is 14.5 Å². The van der Waals surface area contributed by atoms with Gasteiger partial charge in [0.1, 0.15) is 12.6 Å². The third kappa shape index (κ3) is 4.09. The van der Waals surface area contributed by atoms with E-state index in [0.717, 1.165) is 29.5 Å². The summed E-state index contributed by atoms with van der Waals surface area (Å²) in [5, 5.41) is 1.32. The van der Waals surface area contributed by atoms with Crippen LogP contribution in [0.3, 0.4) is 0 Å². The van der Waals surface area contributed by atoms with E-state index in [4.69, 9.17) is 0 Å². The lowest BCUT2D eigenvalue weighted by molar-refractivity contribution is -0.160. The molecule has 0 radical (unpaired) electrons. The molecule has 2 amide bonds. The summed E-state index contributed by atoms with van der Waals surface area (Å²) < 4.78 is 2.33. The van der Waals surface area contributed by atoms with Crippen LogP contribution < -0.4 is 0 Å². The van der Waals surface area contributed by atoms with Crippen molar-refractivity contribution in [2.45, 2.75) is 32.5 Å². The Hall–Kier alpha value is -2.22. The Labute approximate surface area is 200 Å². The van der Waals surface area contributed by atoms with Gasteiger partial charge in [-0.2, -0.15) is 0 Å². The van der Waals surface area contributed by atoms with Crippen molar-refractivity contribution in [3.05, 3.63) is 69.0 Å². The number of rotatable bonds is 5. The first-order valence-electron chi connectivity index (χ1n) is 11.1. The van der Waals surface area contributed by atoms with E-state index in [2.05, 4.69) is 52.0 Å². The van der Waals surface area contributed by atoms with E-state index in [1.54, 1.807) is 9.80 Å². The highest BCUT2D eigenvalue weighted by Gasteiger charge is 2.42. The van der Waals surface area contributed by atoms with E-state index in [1.165, 1.54) is 20.5 Å². The van der Waals surface area contributed by atoms with Gasteiger partial charge >= 0.3 is 0 Å². The van der Waals surface area contributed by atoms with Gasteiger partial charge < -0.3 is 9.80 Å². The van der Waals surface area contributed by atoms with Crippen molar-refractivity contribution >= 4 is 49.2 Å². The first-order chi connectivity index (χ1) is 15.5. The van der Waals surface area contributed by atoms with Gasteiger partial charge in [0.25, 0.3) is 0 Å². The standard InChI is InChI=1S/C25H26BrN3O2S/c1-2-22-20(19-5-3-4-6-23(19)32-22)14-27-11-12-29-21(15-27)25(31)28(16-24(29)30)13-17-7-9-18(26)10-8-17/h3-10,21H,2,11-16H2,1H3. The van der Waals surface area contributed by atoms with Crippen LogP contribution in [0, 0.1) is 0 Å². The van der Waals surface area contributed by atoms with Gasteiger partial charge in [-0.25, -0.2) is 0 Å². The summed E-state index contributed by atoms with van der Waals surface area (Å²) in [5.41, 5.74) is 2.41. The summed E-state index contributed by atoms with van der Waals surface area (Å²) in [6.45, 7) is 5.67. The van der Waals surface area contributed by atoms with Crippen LogP contribution in [-0.2, 0) is 29.1 Å². The fourth-order valence-corrected chi connectivity index (χ4v) is 6.23. The molecule has 0 N–H and O–H groups in total. The molecular weight excluding hydrogens is 486 g/mol. The van der Waals surface area contributed by atoms with E-state index in [1.807, 2.05) is 35.6 Å². The zero-order chi connectivity index (χ0) is 22.2. The molecule has 2 aliphatic rings. The first-order valence-corrected chi connectivity index (χ1v) is 12.7. The van der Waals surface area contributed by atoms with Crippen molar-refractivity contribution in [1.29, 1.82) is 0 Å². The number of amides is 2. The van der Waals surface area contributed by atoms with E-state index in [9.17, 15) is 9.59 Å². The monoisotopic (exact) mass is 511 g/mol. The van der Waals surface area contributed by atoms with Crippen molar-refractivity contribution in [2.24, 2.45) is 0 Å². The lowest BCUT2D eigenvalue weighted by Crippen LogP contribution is -2.66. The largest absolute Gasteiger partial charge is 0.327 e. The molecular formula is C25H26BrN3O2S. The summed E-state index contributed by atoms with van der Waals surface area (Å²) >= 11 is 5.32. The molecule has 7 heteroatoms. The predicted octanol–water partition coefficient (Wildman–Crippen LogP) is 4.28. The van der Waals surface area contributed by atoms with Crippen LogP contribution in [-0.4, -0.2) is 58.7 Å². The summed E-state index contributed by atoms with van der Waals surface area (Å²) in [7, 11) is 0. The molecule has 0 spiro atoms. The molecule has 0 bridgehead atoms. The Morgan fingerprint density at radius 2 is 1.81 bits per heavy atom. The maximum absolute atomic E-state index is 13.4. The average molecular weight is 512 g/mol. The number of piperazine rings is 2. The summed E-state index contributed by atoms with van der Waals surface area (Å²) in [5.74, 6) is 0.115. The SMILES string of the molecule is CCc1sc2ccccc2c1CN1CCN2C(=O)CN(Cc3ccc(Br)cc3)C(=O)C2C1. The highest BCUT2D eigenvalue weighted by molar-refractivity contribution is 9.10. The number of hydrogen-bond donors (Lipinski definition) is 0. The molecule has 1 unspecified atom stereocenters. The number of carbonyl (C=O) groups excluding carboxylic acids is 2. The van der Waals surface area contributed by atoms with E-state index in [0.29, 0.717) is 19.6 Å². The molecule has 2 fully saturated rings. The molecule has 2 aromatic carbocycles. The quantitative estimate of drug-likeness (QED) is 0.513. The van der Waals surface area contributed by atoms with Gasteiger partial charge in [0, 0.05) is 46.8 Å². The highest BCUT2D eigenvalue weighted by atomic mass is 79.9. The second-order valence-electron chi connectivity index (χ2n) is 8.51. The van der Waals surface area contributed by atoms with Gasteiger partial charge in [0.2, 0.25) is 11.8 Å². The molecule has 0 saturated carbocycles. The number of aryl methyl sites for hydroxylation is 1. The van der Waals surface area contributed by atoms with Gasteiger partial charge in [-0.05, 0) is 41.1 Å². The normalized spacial score (nSPS) is 19.6. The fraction of sp³-hybridized carbons (Fsp3) is 0.360. The molecule has 1 atom stereocenters. The Balaban J connectivity index is 1.34. The topological polar surface area (TPSA) is 43.9 Å². The predicted molar refractivity (Wildman–Crippen MR) is 132 cm³/mol. The number of halogens is 1. The van der Waals surface area contributed by atoms with Crippen LogP contribution in [0.15, 0.2) is 53.0 Å². The molecule has 32 heavy (non-hydrogen) atoms. The Morgan fingerprint density at radius 3 is 2.59 bits per heavy atom. The third-order valence-corrected chi connectivity index (χ3v) is 8.37. The Morgan fingerprint density at radius 1 is 1.03 bits per heavy atom. The third-order valence-electron chi connectivity index (χ3n) is 6.48. The fourth-order valence-electron chi connectivity index (χ4n) is 4.81. The number of thiophene rings is 1. The van der Waals surface area contributed by atoms with Crippen LogP contribution >= 0.6 is 27.3 Å². The van der Waals surface area contributed by atoms with E-state index < -0.39 is 6.04 Å². The van der Waals surface area contributed by atoms with Crippen molar-refractivity contribution in [2.75, 3.05) is 26.2 Å². The Bertz CT molecular complexity index is 1160. The molecule has 3 aromatic rings. The van der Waals surface area contributed by atoms with Gasteiger partial charge in [0.15, 0.2) is 0 Å². The van der Waals surface area contributed by atoms with E-state index >= 15 is 0 Å². The van der Waals surface area contributed by atoms with Crippen molar-refractivity contribution in [3.63, 3.8) is 0 Å². The lowest BCUT2D eigenvalue weighted by atomic mass is 10.0. The number of hydrogen-bond acceptors (Lipinski definition) is 4. The van der Waals surface area contributed by atoms with Crippen LogP contribution in [0.5, 0.6) is 0 Å². The molecule has 3 heterocycles. The van der Waals surface area contributed by atoms with Crippen LogP contribution in [0.25, 0.3) is 10.1 Å². The van der Waals surface area contributed by atoms with Crippen LogP contribution in [0.4, 0.5) is 0 Å². The number of nitrogens with zero attached hydrogens (tertiary/aromatic N) is 3. The maximum Gasteiger partial charge on any atom is 0.247 e. The maximum atomic E-state index is 13.4. The molecule has 2 saturated heterocycles. The zero-order valence-electron chi connectivity index (χ0n) is 18.1. The minimum Gasteiger partial charge on any atom is -0.327 e. The molecule has 2 aliphatic heterocycles. The minimum absolute atomic E-state index is 0.0570. The van der Waals surface area contributed by atoms with Gasteiger partial charge in [-0.15, -0.1) is 11.3 Å². The second-order valence-corrected chi connectivity index (χ2v) is 10.6. The average Bonchev–Trinajstić information content (AvgIpc) is 3.16. The van der Waals surface area contributed by atoms with Crippen molar-refractivity contribution < 1.29 is 9.59 Å². The Kier molecular flexibility index (Phi) is 6.05. The van der Waals surface area contributed by atoms with Crippen LogP contribution in [0.1, 0.15) is 22.9 Å². The van der Waals surface area contributed by atoms with Gasteiger partial charge in [0.05, 0.1) is 0 Å². The van der Waals surface area contributed by atoms with Gasteiger partial charge in [-0.1, -0.05) is 53.2 Å². The first kappa shape index (κ1) is 21.6. The molecule has 5 rings (SSSR count). The number of carbonyl (C=O) groups is 2. The summed E-state index contributed by atoms with van der Waals surface area (Å²) in [4.78, 5) is 33.5. The lowest BCUT2D eigenvalue weighted by Gasteiger charge is -2.46.